The van der Waals surface area contributed by atoms with Crippen LogP contribution in [0.1, 0.15) is 39.0 Å². The van der Waals surface area contributed by atoms with E-state index in [1.807, 2.05) is 0 Å². The third-order valence-electron chi connectivity index (χ3n) is 4.26. The number of esters is 1. The molecule has 150 valence electrons. The van der Waals surface area contributed by atoms with Crippen LogP contribution in [0, 0.1) is 12.8 Å². The molecule has 6 nitrogen and oxygen atoms in total. The highest BCUT2D eigenvalue weighted by atomic mass is 35.5. The van der Waals surface area contributed by atoms with Crippen molar-refractivity contribution in [2.75, 3.05) is 6.61 Å². The largest absolute Gasteiger partial charge is 0.463 e. The number of hydrogen-bond donors (Lipinski definition) is 1. The quantitative estimate of drug-likeness (QED) is 0.714. The van der Waals surface area contributed by atoms with Gasteiger partial charge in [0.25, 0.3) is 0 Å². The van der Waals surface area contributed by atoms with Crippen LogP contribution in [0.25, 0.3) is 5.03 Å². The van der Waals surface area contributed by atoms with Crippen LogP contribution in [-0.2, 0) is 14.3 Å². The Hall–Kier alpha value is -2.31. The van der Waals surface area contributed by atoms with Crippen molar-refractivity contribution in [1.82, 2.24) is 5.32 Å². The summed E-state index contributed by atoms with van der Waals surface area (Å²) in [6.45, 7) is 8.27. The van der Waals surface area contributed by atoms with Crippen molar-refractivity contribution < 1.29 is 18.7 Å². The predicted octanol–water partition coefficient (Wildman–Crippen LogP) is 4.10. The molecule has 0 amide bonds. The number of nitrogens with one attached hydrogen (secondary N) is 1. The van der Waals surface area contributed by atoms with E-state index in [0.29, 0.717) is 22.7 Å². The van der Waals surface area contributed by atoms with Gasteiger partial charge in [0.15, 0.2) is 5.78 Å². The maximum absolute atomic E-state index is 12.6. The maximum Gasteiger partial charge on any atom is 0.346 e. The summed E-state index contributed by atoms with van der Waals surface area (Å²) in [5.41, 5.74) is 0.972. The van der Waals surface area contributed by atoms with Gasteiger partial charge in [-0.15, -0.1) is 0 Å². The van der Waals surface area contributed by atoms with Crippen molar-refractivity contribution in [3.8, 4) is 0 Å². The summed E-state index contributed by atoms with van der Waals surface area (Å²) in [5.74, 6) is -1.28. The number of Topliss-reactive ketones (excluding diaryl/α,β-unsaturated/α-hetero) is 1. The van der Waals surface area contributed by atoms with E-state index in [4.69, 9.17) is 32.4 Å². The Morgan fingerprint density at radius 2 is 1.86 bits per heavy atom. The number of allylic oxidation sites excluding steroid dienone is 4. The SMILES string of the molecule is CCOC(=O)C1=C(C)NC(C)=C(C(C)=O)C1/C=C(\Cl)c1c(Cl)cc(C)oc1=O. The molecular weight excluding hydrogens is 405 g/mol. The summed E-state index contributed by atoms with van der Waals surface area (Å²) in [6, 6.07) is 1.47. The summed E-state index contributed by atoms with van der Waals surface area (Å²) >= 11 is 12.6. The second kappa shape index (κ2) is 8.80. The zero-order valence-electron chi connectivity index (χ0n) is 16.2. The lowest BCUT2D eigenvalue weighted by Gasteiger charge is -2.28. The van der Waals surface area contributed by atoms with Crippen molar-refractivity contribution in [3.05, 3.63) is 61.4 Å². The van der Waals surface area contributed by atoms with Gasteiger partial charge in [-0.05, 0) is 40.7 Å². The molecule has 0 aliphatic carbocycles. The fourth-order valence-corrected chi connectivity index (χ4v) is 3.87. The highest BCUT2D eigenvalue weighted by Crippen LogP contribution is 2.36. The van der Waals surface area contributed by atoms with E-state index in [1.54, 1.807) is 27.7 Å². The summed E-state index contributed by atoms with van der Waals surface area (Å²) in [6.07, 6.45) is 1.45. The van der Waals surface area contributed by atoms with Gasteiger partial charge in [-0.1, -0.05) is 29.3 Å². The van der Waals surface area contributed by atoms with Crippen LogP contribution in [0.3, 0.4) is 0 Å². The van der Waals surface area contributed by atoms with E-state index in [2.05, 4.69) is 5.32 Å². The molecule has 0 bridgehead atoms. The van der Waals surface area contributed by atoms with Gasteiger partial charge >= 0.3 is 11.6 Å². The first-order chi connectivity index (χ1) is 13.1. The van der Waals surface area contributed by atoms with Crippen molar-refractivity contribution in [2.45, 2.75) is 34.6 Å². The lowest BCUT2D eigenvalue weighted by atomic mass is 9.83. The molecular formula is C20H21Cl2NO5. The Balaban J connectivity index is 2.69. The number of carbonyl (C=O) groups excluding carboxylic acids is 2. The molecule has 1 unspecified atom stereocenters. The molecule has 1 aliphatic rings. The minimum atomic E-state index is -0.804. The smallest absolute Gasteiger partial charge is 0.346 e. The fraction of sp³-hybridized carbons (Fsp3) is 0.350. The molecule has 2 heterocycles. The number of aryl methyl sites for hydroxylation is 1. The molecule has 1 aromatic rings. The summed E-state index contributed by atoms with van der Waals surface area (Å²) < 4.78 is 10.2. The summed E-state index contributed by atoms with van der Waals surface area (Å²) in [7, 11) is 0. The average molecular weight is 426 g/mol. The van der Waals surface area contributed by atoms with Gasteiger partial charge < -0.3 is 14.5 Å². The second-order valence-corrected chi connectivity index (χ2v) is 7.15. The van der Waals surface area contributed by atoms with Crippen LogP contribution in [-0.4, -0.2) is 18.4 Å². The first-order valence-corrected chi connectivity index (χ1v) is 9.38. The van der Waals surface area contributed by atoms with Crippen LogP contribution in [0.15, 0.2) is 43.9 Å². The Morgan fingerprint density at radius 3 is 2.39 bits per heavy atom. The lowest BCUT2D eigenvalue weighted by Crippen LogP contribution is -2.31. The first-order valence-electron chi connectivity index (χ1n) is 8.63. The minimum absolute atomic E-state index is 0.0215. The van der Waals surface area contributed by atoms with Crippen molar-refractivity contribution >= 4 is 40.0 Å². The second-order valence-electron chi connectivity index (χ2n) is 6.34. The van der Waals surface area contributed by atoms with Crippen LogP contribution >= 0.6 is 23.2 Å². The topological polar surface area (TPSA) is 85.6 Å². The Morgan fingerprint density at radius 1 is 1.25 bits per heavy atom. The molecule has 28 heavy (non-hydrogen) atoms. The molecule has 0 spiro atoms. The van der Waals surface area contributed by atoms with Crippen LogP contribution in [0.2, 0.25) is 5.02 Å². The number of carbonyl (C=O) groups is 2. The molecule has 8 heteroatoms. The summed E-state index contributed by atoms with van der Waals surface area (Å²) in [5, 5.41) is 3.13. The van der Waals surface area contributed by atoms with Gasteiger partial charge in [0, 0.05) is 22.9 Å². The van der Waals surface area contributed by atoms with Crippen LogP contribution in [0.5, 0.6) is 0 Å². The molecule has 2 rings (SSSR count). The molecule has 0 saturated carbocycles. The van der Waals surface area contributed by atoms with Gasteiger partial charge in [-0.25, -0.2) is 9.59 Å². The van der Waals surface area contributed by atoms with Gasteiger partial charge in [0.05, 0.1) is 27.8 Å². The van der Waals surface area contributed by atoms with Crippen LogP contribution in [0.4, 0.5) is 0 Å². The highest BCUT2D eigenvalue weighted by molar-refractivity contribution is 6.50. The zero-order chi connectivity index (χ0) is 21.2. The zero-order valence-corrected chi connectivity index (χ0v) is 17.7. The molecule has 0 fully saturated rings. The number of rotatable bonds is 5. The standard InChI is InChI=1S/C20H21Cl2NO5/c1-6-27-19(25)17-11(4)23-10(3)16(12(5)24)13(17)8-15(22)18-14(21)7-9(2)28-20(18)26/h7-8,13,23H,6H2,1-5H3/b15-8-. The molecule has 0 aromatic carbocycles. The number of halogens is 2. The molecule has 0 saturated heterocycles. The molecule has 1 atom stereocenters. The number of hydrogen-bond acceptors (Lipinski definition) is 6. The molecule has 1 aliphatic heterocycles. The minimum Gasteiger partial charge on any atom is -0.463 e. The first kappa shape index (κ1) is 22.0. The summed E-state index contributed by atoms with van der Waals surface area (Å²) in [4.78, 5) is 37.1. The Kier molecular flexibility index (Phi) is 6.91. The van der Waals surface area contributed by atoms with E-state index in [1.165, 1.54) is 19.1 Å². The molecule has 0 radical (unpaired) electrons. The molecule has 1 N–H and O–H groups in total. The number of ketones is 1. The van der Waals surface area contributed by atoms with Crippen molar-refractivity contribution in [3.63, 3.8) is 0 Å². The van der Waals surface area contributed by atoms with E-state index < -0.39 is 17.5 Å². The van der Waals surface area contributed by atoms with Gasteiger partial charge in [0.1, 0.15) is 5.76 Å². The fourth-order valence-electron chi connectivity index (χ4n) is 3.18. The van der Waals surface area contributed by atoms with Crippen molar-refractivity contribution in [2.24, 2.45) is 5.92 Å². The highest BCUT2D eigenvalue weighted by Gasteiger charge is 2.34. The van der Waals surface area contributed by atoms with E-state index in [9.17, 15) is 14.4 Å². The predicted molar refractivity (Wildman–Crippen MR) is 108 cm³/mol. The monoisotopic (exact) mass is 425 g/mol. The lowest BCUT2D eigenvalue weighted by molar-refractivity contribution is -0.139. The average Bonchev–Trinajstić information content (AvgIpc) is 2.52. The van der Waals surface area contributed by atoms with Gasteiger partial charge in [-0.3, -0.25) is 4.79 Å². The van der Waals surface area contributed by atoms with Crippen LogP contribution < -0.4 is 10.9 Å². The number of dihydropyridines is 1. The Labute approximate surface area is 172 Å². The third-order valence-corrected chi connectivity index (χ3v) is 4.87. The van der Waals surface area contributed by atoms with E-state index in [0.717, 1.165) is 0 Å². The van der Waals surface area contributed by atoms with Gasteiger partial charge in [0.2, 0.25) is 0 Å². The third kappa shape index (κ3) is 4.39. The van der Waals surface area contributed by atoms with Crippen molar-refractivity contribution in [1.29, 1.82) is 0 Å². The van der Waals surface area contributed by atoms with E-state index >= 15 is 0 Å². The van der Waals surface area contributed by atoms with Gasteiger partial charge in [-0.2, -0.15) is 0 Å². The normalized spacial score (nSPS) is 17.5. The maximum atomic E-state index is 12.6. The number of ether oxygens (including phenoxy) is 1. The molecule has 1 aromatic heterocycles. The van der Waals surface area contributed by atoms with E-state index in [-0.39, 0.29) is 33.6 Å². The Bertz CT molecular complexity index is 985.